The molecule has 0 unspecified atom stereocenters. The molecule has 0 aliphatic rings. The minimum atomic E-state index is -4.39. The Morgan fingerprint density at radius 2 is 1.54 bits per heavy atom. The lowest BCUT2D eigenvalue weighted by molar-refractivity contribution is -0.153. The molecule has 2 aromatic rings. The molecule has 0 radical (unpaired) electrons. The van der Waals surface area contributed by atoms with Crippen molar-refractivity contribution >= 4 is 11.7 Å². The largest absolute Gasteiger partial charge is 0.484 e. The minimum Gasteiger partial charge on any atom is -0.484 e. The molecule has 0 heterocycles. The maximum atomic E-state index is 12.1. The van der Waals surface area contributed by atoms with Gasteiger partial charge < -0.3 is 10.1 Å². The average molecular weight is 393 g/mol. The van der Waals surface area contributed by atoms with Crippen LogP contribution in [0, 0.1) is 0 Å². The number of nitrogens with one attached hydrogen (secondary N) is 1. The molecule has 1 N–H and O–H groups in total. The van der Waals surface area contributed by atoms with Crippen LogP contribution in [0.5, 0.6) is 5.75 Å². The lowest BCUT2D eigenvalue weighted by atomic mass is 10.0. The molecule has 0 saturated heterocycles. The van der Waals surface area contributed by atoms with Crippen molar-refractivity contribution in [3.05, 3.63) is 65.2 Å². The quantitative estimate of drug-likeness (QED) is 0.640. The van der Waals surface area contributed by atoms with Gasteiger partial charge in [0.15, 0.2) is 12.4 Å². The van der Waals surface area contributed by atoms with Gasteiger partial charge in [0.25, 0.3) is 0 Å². The number of hydrogen-bond donors (Lipinski definition) is 1. The second kappa shape index (κ2) is 9.92. The van der Waals surface area contributed by atoms with Crippen LogP contribution in [-0.2, 0) is 17.8 Å². The topological polar surface area (TPSA) is 55.4 Å². The Hall–Kier alpha value is -2.83. The zero-order valence-corrected chi connectivity index (χ0v) is 15.5. The number of Topliss-reactive ketones (excluding diaryl/α,β-unsaturated/α-hetero) is 1. The molecule has 2 aromatic carbocycles. The first-order valence-corrected chi connectivity index (χ1v) is 8.94. The van der Waals surface area contributed by atoms with Crippen LogP contribution in [0.2, 0.25) is 0 Å². The van der Waals surface area contributed by atoms with E-state index in [1.54, 1.807) is 24.3 Å². The Morgan fingerprint density at radius 3 is 2.11 bits per heavy atom. The molecule has 0 fully saturated rings. The minimum absolute atomic E-state index is 0.0706. The normalized spacial score (nSPS) is 11.1. The van der Waals surface area contributed by atoms with E-state index in [1.807, 2.05) is 19.1 Å². The van der Waals surface area contributed by atoms with Crippen molar-refractivity contribution in [3.8, 4) is 5.75 Å². The summed E-state index contributed by atoms with van der Waals surface area (Å²) >= 11 is 0. The number of carbonyl (C=O) groups excluding carboxylic acids is 2. The maximum Gasteiger partial charge on any atom is 0.422 e. The Bertz CT molecular complexity index is 784. The number of carbonyl (C=O) groups is 2. The third kappa shape index (κ3) is 7.42. The second-order valence-corrected chi connectivity index (χ2v) is 6.30. The van der Waals surface area contributed by atoms with Gasteiger partial charge in [0.05, 0.1) is 0 Å². The van der Waals surface area contributed by atoms with Gasteiger partial charge in [-0.3, -0.25) is 9.59 Å². The first-order valence-electron chi connectivity index (χ1n) is 8.94. The number of benzene rings is 2. The molecule has 7 heteroatoms. The highest BCUT2D eigenvalue weighted by molar-refractivity contribution is 5.97. The fourth-order valence-electron chi connectivity index (χ4n) is 2.46. The molecule has 0 aliphatic carbocycles. The summed E-state index contributed by atoms with van der Waals surface area (Å²) in [5.41, 5.74) is 2.44. The van der Waals surface area contributed by atoms with E-state index in [-0.39, 0.29) is 36.8 Å². The van der Waals surface area contributed by atoms with Crippen molar-refractivity contribution in [2.75, 3.05) is 6.61 Å². The van der Waals surface area contributed by atoms with E-state index >= 15 is 0 Å². The fraction of sp³-hybridized carbons (Fsp3) is 0.333. The molecule has 0 saturated carbocycles. The summed E-state index contributed by atoms with van der Waals surface area (Å²) in [4.78, 5) is 24.0. The Balaban J connectivity index is 1.73. The number of ketones is 1. The van der Waals surface area contributed by atoms with Crippen molar-refractivity contribution in [3.63, 3.8) is 0 Å². The maximum absolute atomic E-state index is 12.1. The van der Waals surface area contributed by atoms with Crippen LogP contribution in [0.3, 0.4) is 0 Å². The fourth-order valence-corrected chi connectivity index (χ4v) is 2.46. The van der Waals surface area contributed by atoms with Gasteiger partial charge in [-0.2, -0.15) is 13.2 Å². The van der Waals surface area contributed by atoms with Crippen LogP contribution in [0.1, 0.15) is 41.3 Å². The summed E-state index contributed by atoms with van der Waals surface area (Å²) in [6.07, 6.45) is -3.31. The first-order chi connectivity index (χ1) is 13.3. The van der Waals surface area contributed by atoms with Gasteiger partial charge in [0.1, 0.15) is 5.75 Å². The predicted molar refractivity (Wildman–Crippen MR) is 99.2 cm³/mol. The second-order valence-electron chi connectivity index (χ2n) is 6.30. The zero-order chi connectivity index (χ0) is 20.6. The van der Waals surface area contributed by atoms with Crippen LogP contribution in [0.25, 0.3) is 0 Å². The van der Waals surface area contributed by atoms with Gasteiger partial charge in [0, 0.05) is 24.9 Å². The Kier molecular flexibility index (Phi) is 7.61. The van der Waals surface area contributed by atoms with Crippen LogP contribution >= 0.6 is 0 Å². The van der Waals surface area contributed by atoms with Gasteiger partial charge in [0.2, 0.25) is 5.91 Å². The molecule has 28 heavy (non-hydrogen) atoms. The van der Waals surface area contributed by atoms with E-state index in [0.717, 1.165) is 12.0 Å². The number of rotatable bonds is 9. The Labute approximate surface area is 161 Å². The van der Waals surface area contributed by atoms with Crippen molar-refractivity contribution in [2.45, 2.75) is 38.9 Å². The average Bonchev–Trinajstić information content (AvgIpc) is 2.69. The highest BCUT2D eigenvalue weighted by Crippen LogP contribution is 2.18. The van der Waals surface area contributed by atoms with Crippen LogP contribution in [0.4, 0.5) is 13.2 Å². The van der Waals surface area contributed by atoms with Crippen LogP contribution in [-0.4, -0.2) is 24.5 Å². The molecule has 0 aliphatic heterocycles. The van der Waals surface area contributed by atoms with Crippen molar-refractivity contribution < 1.29 is 27.5 Å². The number of aryl methyl sites for hydroxylation is 1. The molecule has 0 aromatic heterocycles. The van der Waals surface area contributed by atoms with E-state index < -0.39 is 12.8 Å². The summed E-state index contributed by atoms with van der Waals surface area (Å²) in [7, 11) is 0. The number of hydrogen-bond acceptors (Lipinski definition) is 3. The molecule has 0 bridgehead atoms. The van der Waals surface area contributed by atoms with E-state index in [4.69, 9.17) is 0 Å². The zero-order valence-electron chi connectivity index (χ0n) is 15.5. The molecule has 2 rings (SSSR count). The van der Waals surface area contributed by atoms with Gasteiger partial charge in [-0.25, -0.2) is 0 Å². The number of amides is 1. The number of alkyl halides is 3. The summed E-state index contributed by atoms with van der Waals surface area (Å²) < 4.78 is 40.9. The van der Waals surface area contributed by atoms with Crippen molar-refractivity contribution in [1.82, 2.24) is 5.32 Å². The molecule has 0 spiro atoms. The third-order valence-corrected chi connectivity index (χ3v) is 4.08. The van der Waals surface area contributed by atoms with Crippen molar-refractivity contribution in [2.24, 2.45) is 0 Å². The summed E-state index contributed by atoms with van der Waals surface area (Å²) in [6.45, 7) is 0.903. The summed E-state index contributed by atoms with van der Waals surface area (Å²) in [5, 5.41) is 2.69. The third-order valence-electron chi connectivity index (χ3n) is 4.08. The molecule has 0 atom stereocenters. The number of halogens is 3. The Morgan fingerprint density at radius 1 is 0.929 bits per heavy atom. The van der Waals surface area contributed by atoms with Gasteiger partial charge in [-0.15, -0.1) is 0 Å². The summed E-state index contributed by atoms with van der Waals surface area (Å²) in [5.74, 6) is -0.257. The number of ether oxygens (including phenoxy) is 1. The van der Waals surface area contributed by atoms with E-state index in [0.29, 0.717) is 11.1 Å². The monoisotopic (exact) mass is 393 g/mol. The van der Waals surface area contributed by atoms with Crippen LogP contribution in [0.15, 0.2) is 48.5 Å². The van der Waals surface area contributed by atoms with Gasteiger partial charge in [-0.05, 0) is 29.7 Å². The highest BCUT2D eigenvalue weighted by atomic mass is 19.4. The SMILES string of the molecule is CCc1ccc(C(=O)CCC(=O)NCc2ccc(OCC(F)(F)F)cc2)cc1. The van der Waals surface area contributed by atoms with Crippen molar-refractivity contribution in [1.29, 1.82) is 0 Å². The molecular formula is C21H22F3NO3. The van der Waals surface area contributed by atoms with E-state index in [2.05, 4.69) is 10.1 Å². The molecule has 4 nitrogen and oxygen atoms in total. The smallest absolute Gasteiger partial charge is 0.422 e. The summed E-state index contributed by atoms with van der Waals surface area (Å²) in [6, 6.07) is 13.3. The lowest BCUT2D eigenvalue weighted by Crippen LogP contribution is -2.23. The lowest BCUT2D eigenvalue weighted by Gasteiger charge is -2.10. The van der Waals surface area contributed by atoms with Crippen LogP contribution < -0.4 is 10.1 Å². The standard InChI is InChI=1S/C21H22F3NO3/c1-2-15-3-7-17(8-4-15)19(26)11-12-20(27)25-13-16-5-9-18(10-6-16)28-14-21(22,23)24/h3-10H,2,11-14H2,1H3,(H,25,27). The molecule has 1 amide bonds. The van der Waals surface area contributed by atoms with E-state index in [9.17, 15) is 22.8 Å². The predicted octanol–water partition coefficient (Wildman–Crippen LogP) is 4.47. The molecular weight excluding hydrogens is 371 g/mol. The molecule has 150 valence electrons. The van der Waals surface area contributed by atoms with Gasteiger partial charge >= 0.3 is 6.18 Å². The van der Waals surface area contributed by atoms with Gasteiger partial charge in [-0.1, -0.05) is 43.3 Å². The van der Waals surface area contributed by atoms with E-state index in [1.165, 1.54) is 12.1 Å². The first kappa shape index (κ1) is 21.5. The highest BCUT2D eigenvalue weighted by Gasteiger charge is 2.28.